The molecule has 1 atom stereocenters. The monoisotopic (exact) mass is 429 g/mol. The molecule has 2 aromatic carbocycles. The number of benzene rings is 2. The molecule has 0 radical (unpaired) electrons. The maximum Gasteiger partial charge on any atom is 0.265 e. The van der Waals surface area contributed by atoms with Gasteiger partial charge in [-0.3, -0.25) is 13.9 Å². The minimum Gasteiger partial charge on any atom is -0.476 e. The molecule has 2 amide bonds. The van der Waals surface area contributed by atoms with Crippen molar-refractivity contribution in [3.8, 4) is 5.75 Å². The Kier molecular flexibility index (Phi) is 5.63. The highest BCUT2D eigenvalue weighted by Gasteiger charge is 2.38. The van der Waals surface area contributed by atoms with Crippen molar-refractivity contribution in [2.24, 2.45) is 0 Å². The lowest BCUT2D eigenvalue weighted by Gasteiger charge is -2.39. The molecular formula is C21H23N3O5S. The van der Waals surface area contributed by atoms with Crippen LogP contribution in [0, 0.1) is 0 Å². The van der Waals surface area contributed by atoms with E-state index in [1.165, 1.54) is 4.31 Å². The molecule has 2 aliphatic heterocycles. The van der Waals surface area contributed by atoms with Gasteiger partial charge in [-0.15, -0.1) is 0 Å². The number of rotatable bonds is 5. The number of sulfonamides is 1. The van der Waals surface area contributed by atoms with Gasteiger partial charge >= 0.3 is 0 Å². The van der Waals surface area contributed by atoms with Crippen LogP contribution in [-0.2, 0) is 25.4 Å². The van der Waals surface area contributed by atoms with Gasteiger partial charge in [-0.2, -0.15) is 0 Å². The van der Waals surface area contributed by atoms with Gasteiger partial charge < -0.3 is 14.5 Å². The van der Waals surface area contributed by atoms with Crippen molar-refractivity contribution in [3.05, 3.63) is 60.2 Å². The molecule has 0 aromatic heterocycles. The zero-order chi connectivity index (χ0) is 21.1. The Bertz CT molecular complexity index is 1020. The number of anilines is 1. The zero-order valence-corrected chi connectivity index (χ0v) is 17.2. The summed E-state index contributed by atoms with van der Waals surface area (Å²) in [5.41, 5.74) is 1.11. The Hall–Kier alpha value is -3.07. The Morgan fingerprint density at radius 2 is 1.67 bits per heavy atom. The van der Waals surface area contributed by atoms with Crippen LogP contribution in [0.25, 0.3) is 0 Å². The molecule has 0 spiro atoms. The highest BCUT2D eigenvalue weighted by atomic mass is 32.2. The van der Waals surface area contributed by atoms with Crippen molar-refractivity contribution >= 4 is 28.0 Å². The van der Waals surface area contributed by atoms with Gasteiger partial charge in [-0.05, 0) is 17.7 Å². The lowest BCUT2D eigenvalue weighted by atomic mass is 10.2. The number of ether oxygens (including phenoxy) is 1. The minimum absolute atomic E-state index is 0.0844. The standard InChI is InChI=1S/C21H23N3O5S/c25-16-22-10-12-23(13-11-22)21(26)20-14-24(18-8-4-5-9-19(18)29-20)30(27,28)15-17-6-2-1-3-7-17/h1-9,16,20H,10-15H2/t20-/m0/s1. The third kappa shape index (κ3) is 4.11. The molecule has 0 N–H and O–H groups in total. The number of hydrogen-bond acceptors (Lipinski definition) is 5. The van der Waals surface area contributed by atoms with Crippen LogP contribution < -0.4 is 9.04 Å². The molecule has 1 fully saturated rings. The summed E-state index contributed by atoms with van der Waals surface area (Å²) < 4.78 is 33.7. The van der Waals surface area contributed by atoms with Crippen LogP contribution in [0.5, 0.6) is 5.75 Å². The second-order valence-corrected chi connectivity index (χ2v) is 9.21. The second-order valence-electron chi connectivity index (χ2n) is 7.31. The van der Waals surface area contributed by atoms with Crippen LogP contribution in [0.1, 0.15) is 5.56 Å². The Morgan fingerprint density at radius 1 is 1.00 bits per heavy atom. The van der Waals surface area contributed by atoms with E-state index in [0.717, 1.165) is 6.41 Å². The zero-order valence-electron chi connectivity index (χ0n) is 16.4. The molecule has 30 heavy (non-hydrogen) atoms. The molecule has 0 saturated carbocycles. The highest BCUT2D eigenvalue weighted by Crippen LogP contribution is 2.36. The highest BCUT2D eigenvalue weighted by molar-refractivity contribution is 7.92. The molecule has 158 valence electrons. The maximum atomic E-state index is 13.2. The van der Waals surface area contributed by atoms with E-state index in [2.05, 4.69) is 0 Å². The normalized spacial score (nSPS) is 19.1. The number of carbonyl (C=O) groups excluding carboxylic acids is 2. The van der Waals surface area contributed by atoms with Gasteiger partial charge in [0.05, 0.1) is 18.0 Å². The molecule has 0 unspecified atom stereocenters. The summed E-state index contributed by atoms with van der Waals surface area (Å²) in [6, 6.07) is 15.8. The first-order valence-corrected chi connectivity index (χ1v) is 11.4. The van der Waals surface area contributed by atoms with Crippen molar-refractivity contribution in [1.82, 2.24) is 9.80 Å². The van der Waals surface area contributed by atoms with Crippen molar-refractivity contribution < 1.29 is 22.7 Å². The summed E-state index contributed by atoms with van der Waals surface area (Å²) in [7, 11) is -3.73. The summed E-state index contributed by atoms with van der Waals surface area (Å²) in [5.74, 6) is -0.0681. The van der Waals surface area contributed by atoms with Crippen molar-refractivity contribution in [3.63, 3.8) is 0 Å². The predicted molar refractivity (Wildman–Crippen MR) is 111 cm³/mol. The van der Waals surface area contributed by atoms with Crippen molar-refractivity contribution in [2.75, 3.05) is 37.0 Å². The molecule has 2 aliphatic rings. The van der Waals surface area contributed by atoms with E-state index >= 15 is 0 Å². The molecule has 0 aliphatic carbocycles. The third-order valence-corrected chi connectivity index (χ3v) is 7.03. The van der Waals surface area contributed by atoms with Crippen LogP contribution in [0.2, 0.25) is 0 Å². The van der Waals surface area contributed by atoms with E-state index in [4.69, 9.17) is 4.74 Å². The lowest BCUT2D eigenvalue weighted by molar-refractivity contribution is -0.141. The number of carbonyl (C=O) groups is 2. The summed E-state index contributed by atoms with van der Waals surface area (Å²) >= 11 is 0. The van der Waals surface area contributed by atoms with Crippen LogP contribution >= 0.6 is 0 Å². The molecule has 1 saturated heterocycles. The van der Waals surface area contributed by atoms with E-state index < -0.39 is 16.1 Å². The van der Waals surface area contributed by atoms with E-state index in [-0.39, 0.29) is 18.2 Å². The Balaban J connectivity index is 1.58. The number of hydrogen-bond donors (Lipinski definition) is 0. The van der Waals surface area contributed by atoms with Crippen molar-refractivity contribution in [1.29, 1.82) is 0 Å². The van der Waals surface area contributed by atoms with E-state index in [1.807, 2.05) is 6.07 Å². The van der Waals surface area contributed by atoms with Gasteiger partial charge in [0, 0.05) is 26.2 Å². The largest absolute Gasteiger partial charge is 0.476 e. The van der Waals surface area contributed by atoms with Gasteiger partial charge in [-0.1, -0.05) is 42.5 Å². The van der Waals surface area contributed by atoms with Crippen LogP contribution in [0.4, 0.5) is 5.69 Å². The average molecular weight is 429 g/mol. The Morgan fingerprint density at radius 3 is 2.37 bits per heavy atom. The first kappa shape index (κ1) is 20.2. The SMILES string of the molecule is O=CN1CCN(C(=O)[C@@H]2CN(S(=O)(=O)Cc3ccccc3)c3ccccc3O2)CC1. The molecule has 9 heteroatoms. The topological polar surface area (TPSA) is 87.2 Å². The molecular weight excluding hydrogens is 406 g/mol. The summed E-state index contributed by atoms with van der Waals surface area (Å²) in [6.07, 6.45) is -0.166. The molecule has 2 heterocycles. The second kappa shape index (κ2) is 8.35. The number of amides is 2. The Labute approximate surface area is 175 Å². The van der Waals surface area contributed by atoms with Crippen LogP contribution in [-0.4, -0.2) is 69.4 Å². The number of para-hydroxylation sites is 2. The summed E-state index contributed by atoms with van der Waals surface area (Å²) in [4.78, 5) is 27.2. The molecule has 4 rings (SSSR count). The maximum absolute atomic E-state index is 13.2. The fraction of sp³-hybridized carbons (Fsp3) is 0.333. The van der Waals surface area contributed by atoms with E-state index in [1.54, 1.807) is 58.3 Å². The van der Waals surface area contributed by atoms with E-state index in [9.17, 15) is 18.0 Å². The molecule has 2 aromatic rings. The first-order valence-electron chi connectivity index (χ1n) is 9.76. The van der Waals surface area contributed by atoms with Gasteiger partial charge in [-0.25, -0.2) is 8.42 Å². The number of piperazine rings is 1. The van der Waals surface area contributed by atoms with Crippen LogP contribution in [0.3, 0.4) is 0 Å². The average Bonchev–Trinajstić information content (AvgIpc) is 2.78. The van der Waals surface area contributed by atoms with Gasteiger partial charge in [0.1, 0.15) is 5.75 Å². The molecule has 0 bridgehead atoms. The molecule has 8 nitrogen and oxygen atoms in total. The quantitative estimate of drug-likeness (QED) is 0.664. The lowest BCUT2D eigenvalue weighted by Crippen LogP contribution is -2.56. The van der Waals surface area contributed by atoms with Gasteiger partial charge in [0.2, 0.25) is 16.4 Å². The third-order valence-electron chi connectivity index (χ3n) is 5.31. The number of nitrogens with zero attached hydrogens (tertiary/aromatic N) is 3. The summed E-state index contributed by atoms with van der Waals surface area (Å²) in [6.45, 7) is 1.62. The van der Waals surface area contributed by atoms with E-state index in [0.29, 0.717) is 43.2 Å². The number of fused-ring (bicyclic) bond motifs is 1. The fourth-order valence-corrected chi connectivity index (χ4v) is 5.29. The predicted octanol–water partition coefficient (Wildman–Crippen LogP) is 1.08. The fourth-order valence-electron chi connectivity index (χ4n) is 3.71. The first-order chi connectivity index (χ1) is 14.5. The van der Waals surface area contributed by atoms with Crippen molar-refractivity contribution in [2.45, 2.75) is 11.9 Å². The minimum atomic E-state index is -3.73. The van der Waals surface area contributed by atoms with Gasteiger partial charge in [0.25, 0.3) is 5.91 Å². The smallest absolute Gasteiger partial charge is 0.265 e. The van der Waals surface area contributed by atoms with Crippen LogP contribution in [0.15, 0.2) is 54.6 Å². The van der Waals surface area contributed by atoms with Gasteiger partial charge in [0.15, 0.2) is 6.10 Å². The summed E-state index contributed by atoms with van der Waals surface area (Å²) in [5, 5.41) is 0.